The summed E-state index contributed by atoms with van der Waals surface area (Å²) < 4.78 is 27.8. The quantitative estimate of drug-likeness (QED) is 0.717. The minimum atomic E-state index is -0.956. The van der Waals surface area contributed by atoms with Crippen LogP contribution in [0.15, 0.2) is 18.2 Å². The van der Waals surface area contributed by atoms with Gasteiger partial charge in [-0.25, -0.2) is 8.78 Å². The second-order valence-corrected chi connectivity index (χ2v) is 9.30. The number of piperidine rings is 1. The van der Waals surface area contributed by atoms with E-state index in [9.17, 15) is 18.4 Å². The number of benzene rings is 1. The number of hydrogen-bond acceptors (Lipinski definition) is 3. The van der Waals surface area contributed by atoms with E-state index in [-0.39, 0.29) is 28.9 Å². The van der Waals surface area contributed by atoms with Gasteiger partial charge in [-0.2, -0.15) is 0 Å². The molecule has 1 heterocycles. The van der Waals surface area contributed by atoms with E-state index < -0.39 is 29.1 Å². The summed E-state index contributed by atoms with van der Waals surface area (Å²) >= 11 is 0. The van der Waals surface area contributed by atoms with E-state index in [0.29, 0.717) is 0 Å². The molecule has 1 aliphatic rings. The highest BCUT2D eigenvalue weighted by atomic mass is 19.1. The molecule has 0 radical (unpaired) electrons. The van der Waals surface area contributed by atoms with Crippen LogP contribution in [0, 0.1) is 17.6 Å². The highest BCUT2D eigenvalue weighted by Gasteiger charge is 2.39. The molecule has 0 unspecified atom stereocenters. The molecule has 0 saturated carbocycles. The summed E-state index contributed by atoms with van der Waals surface area (Å²) in [6.07, 6.45) is 1.48. The fourth-order valence-electron chi connectivity index (χ4n) is 4.18. The fourth-order valence-corrected chi connectivity index (χ4v) is 4.18. The molecule has 2 rings (SSSR count). The maximum Gasteiger partial charge on any atom is 0.257 e. The minimum Gasteiger partial charge on any atom is -0.351 e. The van der Waals surface area contributed by atoms with Crippen molar-refractivity contribution in [3.8, 4) is 0 Å². The van der Waals surface area contributed by atoms with Crippen molar-refractivity contribution < 1.29 is 18.4 Å². The highest BCUT2D eigenvalue weighted by Crippen LogP contribution is 2.28. The third kappa shape index (κ3) is 5.50. The maximum atomic E-state index is 13.9. The van der Waals surface area contributed by atoms with Crippen molar-refractivity contribution in [2.75, 3.05) is 0 Å². The molecule has 1 aliphatic heterocycles. The molecule has 1 atom stereocenters. The lowest BCUT2D eigenvalue weighted by atomic mass is 9.79. The number of carbonyl (C=O) groups excluding carboxylic acids is 2. The van der Waals surface area contributed by atoms with Crippen LogP contribution in [0.25, 0.3) is 0 Å². The Hall–Kier alpha value is -2.02. The van der Waals surface area contributed by atoms with E-state index in [4.69, 9.17) is 0 Å². The lowest BCUT2D eigenvalue weighted by Crippen LogP contribution is -2.63. The zero-order valence-electron chi connectivity index (χ0n) is 17.5. The molecule has 5 nitrogen and oxygen atoms in total. The molecule has 1 aromatic carbocycles. The Morgan fingerprint density at radius 1 is 1.07 bits per heavy atom. The molecule has 1 aromatic rings. The van der Waals surface area contributed by atoms with Crippen LogP contribution in [0.4, 0.5) is 8.78 Å². The number of carbonyl (C=O) groups is 2. The van der Waals surface area contributed by atoms with Gasteiger partial charge in [-0.3, -0.25) is 9.59 Å². The van der Waals surface area contributed by atoms with Crippen LogP contribution in [-0.2, 0) is 4.79 Å². The van der Waals surface area contributed by atoms with Gasteiger partial charge in [-0.1, -0.05) is 19.9 Å². The number of nitrogens with one attached hydrogen (secondary N) is 3. The average molecular weight is 395 g/mol. The van der Waals surface area contributed by atoms with Gasteiger partial charge in [0, 0.05) is 17.1 Å². The lowest BCUT2D eigenvalue weighted by molar-refractivity contribution is -0.125. The first-order valence-corrected chi connectivity index (χ1v) is 9.66. The van der Waals surface area contributed by atoms with Gasteiger partial charge in [0.1, 0.15) is 23.2 Å². The van der Waals surface area contributed by atoms with Gasteiger partial charge < -0.3 is 16.0 Å². The topological polar surface area (TPSA) is 70.2 Å². The van der Waals surface area contributed by atoms with Crippen LogP contribution in [-0.4, -0.2) is 35.0 Å². The smallest absolute Gasteiger partial charge is 0.257 e. The van der Waals surface area contributed by atoms with Crippen LogP contribution < -0.4 is 16.0 Å². The molecular formula is C21H31F2N3O2. The first kappa shape index (κ1) is 22.3. The van der Waals surface area contributed by atoms with Gasteiger partial charge in [0.25, 0.3) is 5.91 Å². The van der Waals surface area contributed by atoms with Crippen LogP contribution in [0.1, 0.15) is 64.7 Å². The van der Waals surface area contributed by atoms with Crippen molar-refractivity contribution in [2.24, 2.45) is 5.92 Å². The average Bonchev–Trinajstić information content (AvgIpc) is 2.48. The largest absolute Gasteiger partial charge is 0.351 e. The van der Waals surface area contributed by atoms with Gasteiger partial charge in [-0.15, -0.1) is 0 Å². The van der Waals surface area contributed by atoms with E-state index >= 15 is 0 Å². The second kappa shape index (κ2) is 8.15. The monoisotopic (exact) mass is 395 g/mol. The van der Waals surface area contributed by atoms with Crippen molar-refractivity contribution in [1.82, 2.24) is 16.0 Å². The van der Waals surface area contributed by atoms with Crippen LogP contribution in [0.5, 0.6) is 0 Å². The summed E-state index contributed by atoms with van der Waals surface area (Å²) in [6, 6.07) is 2.26. The summed E-state index contributed by atoms with van der Waals surface area (Å²) in [5.74, 6) is -3.44. The molecule has 7 heteroatoms. The third-order valence-electron chi connectivity index (χ3n) is 4.96. The van der Waals surface area contributed by atoms with Crippen LogP contribution in [0.2, 0.25) is 0 Å². The van der Waals surface area contributed by atoms with E-state index in [1.807, 2.05) is 0 Å². The summed E-state index contributed by atoms with van der Waals surface area (Å²) in [5.41, 5.74) is -0.968. The van der Waals surface area contributed by atoms with Gasteiger partial charge in [0.05, 0.1) is 0 Å². The standard InChI is InChI=1S/C21H31F2N3O2/c1-12(2)17(25-18(27)16-14(22)8-7-9-15(16)23)19(28)24-13-10-20(3,4)26-21(5,6)11-13/h7-9,12-13,17,26H,10-11H2,1-6H3,(H,24,28)(H,25,27)/t17-/m1/s1. The first-order chi connectivity index (χ1) is 12.8. The molecule has 156 valence electrons. The summed E-state index contributed by atoms with van der Waals surface area (Å²) in [5, 5.41) is 9.06. The number of rotatable bonds is 5. The van der Waals surface area contributed by atoms with Gasteiger partial charge in [0.2, 0.25) is 5.91 Å². The van der Waals surface area contributed by atoms with Crippen molar-refractivity contribution in [3.63, 3.8) is 0 Å². The van der Waals surface area contributed by atoms with Gasteiger partial charge in [-0.05, 0) is 58.6 Å². The third-order valence-corrected chi connectivity index (χ3v) is 4.96. The Morgan fingerprint density at radius 2 is 1.57 bits per heavy atom. The second-order valence-electron chi connectivity index (χ2n) is 9.30. The summed E-state index contributed by atoms with van der Waals surface area (Å²) in [7, 11) is 0. The van der Waals surface area contributed by atoms with E-state index in [1.165, 1.54) is 6.07 Å². The Labute approximate surface area is 165 Å². The Bertz CT molecular complexity index is 711. The predicted molar refractivity (Wildman–Crippen MR) is 105 cm³/mol. The molecule has 0 spiro atoms. The SMILES string of the molecule is CC(C)[C@@H](NC(=O)c1c(F)cccc1F)C(=O)NC1CC(C)(C)NC(C)(C)C1. The molecule has 28 heavy (non-hydrogen) atoms. The molecular weight excluding hydrogens is 364 g/mol. The Kier molecular flexibility index (Phi) is 6.48. The molecule has 2 amide bonds. The number of halogens is 2. The maximum absolute atomic E-state index is 13.9. The number of hydrogen-bond donors (Lipinski definition) is 3. The fraction of sp³-hybridized carbons (Fsp3) is 0.619. The summed E-state index contributed by atoms with van der Waals surface area (Å²) in [6.45, 7) is 11.9. The van der Waals surface area contributed by atoms with E-state index in [2.05, 4.69) is 43.6 Å². The molecule has 0 aliphatic carbocycles. The van der Waals surface area contributed by atoms with Gasteiger partial charge in [0.15, 0.2) is 0 Å². The molecule has 0 aromatic heterocycles. The molecule has 1 fully saturated rings. The molecule has 3 N–H and O–H groups in total. The Morgan fingerprint density at radius 3 is 2.04 bits per heavy atom. The number of amides is 2. The predicted octanol–water partition coefficient (Wildman–Crippen LogP) is 3.14. The van der Waals surface area contributed by atoms with E-state index in [1.54, 1.807) is 13.8 Å². The van der Waals surface area contributed by atoms with Crippen molar-refractivity contribution in [2.45, 2.75) is 77.5 Å². The molecule has 0 bridgehead atoms. The Balaban J connectivity index is 2.13. The van der Waals surface area contributed by atoms with Crippen molar-refractivity contribution in [1.29, 1.82) is 0 Å². The minimum absolute atomic E-state index is 0.0675. The van der Waals surface area contributed by atoms with Crippen molar-refractivity contribution in [3.05, 3.63) is 35.4 Å². The van der Waals surface area contributed by atoms with Crippen molar-refractivity contribution >= 4 is 11.8 Å². The van der Waals surface area contributed by atoms with Gasteiger partial charge >= 0.3 is 0 Å². The van der Waals surface area contributed by atoms with E-state index in [0.717, 1.165) is 25.0 Å². The first-order valence-electron chi connectivity index (χ1n) is 9.66. The summed E-state index contributed by atoms with van der Waals surface area (Å²) in [4.78, 5) is 25.3. The lowest BCUT2D eigenvalue weighted by Gasteiger charge is -2.47. The molecule has 1 saturated heterocycles. The van der Waals surface area contributed by atoms with Crippen LogP contribution >= 0.6 is 0 Å². The zero-order chi connectivity index (χ0) is 21.3. The zero-order valence-corrected chi connectivity index (χ0v) is 17.5. The normalized spacial score (nSPS) is 19.9. The van der Waals surface area contributed by atoms with Crippen LogP contribution in [0.3, 0.4) is 0 Å². The highest BCUT2D eigenvalue weighted by molar-refractivity contribution is 5.98.